The average Bonchev–Trinajstić information content (AvgIpc) is 1.61. The van der Waals surface area contributed by atoms with Gasteiger partial charge in [0.1, 0.15) is 0 Å². The van der Waals surface area contributed by atoms with Gasteiger partial charge in [-0.2, -0.15) is 0 Å². The smallest absolute Gasteiger partial charge is 0.0971 e. The van der Waals surface area contributed by atoms with Crippen LogP contribution in [0.4, 0.5) is 0 Å². The van der Waals surface area contributed by atoms with E-state index < -0.39 is 0 Å². The normalized spacial score (nSPS) is 11.8. The molecule has 0 N–H and O–H groups in total. The summed E-state index contributed by atoms with van der Waals surface area (Å²) in [6.07, 6.45) is 15.0. The molecule has 16 aromatic carbocycles. The van der Waals surface area contributed by atoms with Crippen LogP contribution in [-0.2, 0) is 0 Å². The second-order valence-corrected chi connectivity index (χ2v) is 38.8. The van der Waals surface area contributed by atoms with Crippen molar-refractivity contribution < 1.29 is 0 Å². The fourth-order valence-corrected chi connectivity index (χ4v) is 24.8. The van der Waals surface area contributed by atoms with Crippen molar-refractivity contribution in [2.24, 2.45) is 0 Å². The molecule has 0 aliphatic carbocycles. The summed E-state index contributed by atoms with van der Waals surface area (Å²) in [5.41, 5.74) is 27.8. The number of benzene rings is 16. The number of thiophene rings is 3. The molecule has 0 bridgehead atoms. The summed E-state index contributed by atoms with van der Waals surface area (Å²) < 4.78 is 7.89. The zero-order valence-electron chi connectivity index (χ0n) is 75.3. The number of fused-ring (bicyclic) bond motifs is 30. The minimum atomic E-state index is 0.893. The molecule has 14 aromatic heterocycles. The third-order valence-electron chi connectivity index (χ3n) is 27.8. The van der Waals surface area contributed by atoms with Crippen LogP contribution in [0.3, 0.4) is 0 Å². The van der Waals surface area contributed by atoms with Gasteiger partial charge in [0.25, 0.3) is 0 Å². The highest BCUT2D eigenvalue weighted by molar-refractivity contribution is 7.27. The molecule has 0 saturated heterocycles. The molecule has 0 radical (unpaired) electrons. The van der Waals surface area contributed by atoms with Gasteiger partial charge in [-0.25, -0.2) is 15.0 Å². The van der Waals surface area contributed by atoms with Crippen molar-refractivity contribution in [3.05, 3.63) is 444 Å². The Morgan fingerprint density at radius 3 is 0.837 bits per heavy atom. The Bertz CT molecular complexity index is 9450. The Labute approximate surface area is 818 Å². The molecule has 14 heterocycles. The van der Waals surface area contributed by atoms with Gasteiger partial charge < -0.3 is 0 Å². The van der Waals surface area contributed by atoms with E-state index in [-0.39, 0.29) is 0 Å². The minimum Gasteiger partial charge on any atom is -0.256 e. The monoisotopic (exact) mass is 1850 g/mol. The van der Waals surface area contributed by atoms with Gasteiger partial charge in [0.05, 0.1) is 78.1 Å². The Morgan fingerprint density at radius 1 is 0.156 bits per heavy atom. The highest BCUT2D eigenvalue weighted by Crippen LogP contribution is 2.49. The summed E-state index contributed by atoms with van der Waals surface area (Å²) in [6.45, 7) is 0. The predicted molar refractivity (Wildman–Crippen MR) is 593 cm³/mol. The van der Waals surface area contributed by atoms with Crippen LogP contribution >= 0.6 is 34.0 Å². The lowest BCUT2D eigenvalue weighted by molar-refractivity contribution is 1.32. The Morgan fingerprint density at radius 2 is 0.447 bits per heavy atom. The van der Waals surface area contributed by atoms with Gasteiger partial charge in [0, 0.05) is 230 Å². The Balaban J connectivity index is 0.000000104. The van der Waals surface area contributed by atoms with Crippen LogP contribution in [0, 0.1) is 0 Å². The van der Waals surface area contributed by atoms with E-state index in [0.29, 0.717) is 0 Å². The summed E-state index contributed by atoms with van der Waals surface area (Å²) in [5.74, 6) is 0. The molecular formula is C127H73N11S3. The first-order valence-corrected chi connectivity index (χ1v) is 49.5. The van der Waals surface area contributed by atoms with E-state index in [1.807, 2.05) is 108 Å². The number of pyridine rings is 11. The molecule has 0 unspecified atom stereocenters. The topological polar surface area (TPSA) is 142 Å². The Kier molecular flexibility index (Phi) is 19.3. The number of hydrogen-bond donors (Lipinski definition) is 0. The summed E-state index contributed by atoms with van der Waals surface area (Å²) in [7, 11) is 0. The van der Waals surface area contributed by atoms with Gasteiger partial charge in [0.2, 0.25) is 0 Å². The first-order valence-electron chi connectivity index (χ1n) is 47.0. The summed E-state index contributed by atoms with van der Waals surface area (Å²) in [6, 6.07) is 140. The van der Waals surface area contributed by atoms with Gasteiger partial charge in [0.15, 0.2) is 0 Å². The van der Waals surface area contributed by atoms with E-state index in [4.69, 9.17) is 24.9 Å². The van der Waals surface area contributed by atoms with Crippen LogP contribution in [0.15, 0.2) is 444 Å². The predicted octanol–water partition coefficient (Wildman–Crippen LogP) is 34.3. The molecule has 654 valence electrons. The second kappa shape index (κ2) is 33.4. The largest absolute Gasteiger partial charge is 0.256 e. The molecular weight excluding hydrogens is 1780 g/mol. The van der Waals surface area contributed by atoms with Crippen LogP contribution < -0.4 is 0 Å². The number of hydrogen-bond acceptors (Lipinski definition) is 14. The van der Waals surface area contributed by atoms with E-state index >= 15 is 0 Å². The third-order valence-corrected chi connectivity index (χ3v) is 31.4. The van der Waals surface area contributed by atoms with Crippen LogP contribution in [0.25, 0.3) is 292 Å². The molecule has 0 saturated carbocycles. The SMILES string of the molecule is c1cnc2c(c1)ccc1c(-c3ccc(-c4ccc(-c5nc6ccccc6c6c5ccc5c7ccccc7sc56)cc4)cc3)ccnc12.c1cnc2c(c1)ccc1c(-c3ccc(-c4ccc(-c5nc6ccccc6c6c5ccc5c7ccccc7sc56)cc4)cn3)ccnc12.c1cnc2c(c1)ccc1c(-c3ccc(-c4ccc(-c5nc6ccccc6c6c5ccc5c7ccccc7sc56)cc4)nc3)ccnc12. The van der Waals surface area contributed by atoms with E-state index in [9.17, 15) is 0 Å². The first kappa shape index (κ1) is 81.3. The summed E-state index contributed by atoms with van der Waals surface area (Å²) in [4.78, 5) is 53.2. The molecule has 0 aliphatic heterocycles. The minimum absolute atomic E-state index is 0.893. The lowest BCUT2D eigenvalue weighted by Crippen LogP contribution is -1.91. The van der Waals surface area contributed by atoms with Crippen LogP contribution in [0.2, 0.25) is 0 Å². The van der Waals surface area contributed by atoms with Gasteiger partial charge in [-0.1, -0.05) is 309 Å². The lowest BCUT2D eigenvalue weighted by atomic mass is 9.95. The van der Waals surface area contributed by atoms with Crippen molar-refractivity contribution in [2.75, 3.05) is 0 Å². The number of nitrogens with zero attached hydrogens (tertiary/aromatic N) is 11. The van der Waals surface area contributed by atoms with E-state index in [2.05, 4.69) is 400 Å². The van der Waals surface area contributed by atoms with E-state index in [1.165, 1.54) is 120 Å². The van der Waals surface area contributed by atoms with E-state index in [1.54, 1.807) is 0 Å². The van der Waals surface area contributed by atoms with E-state index in [0.717, 1.165) is 172 Å². The maximum atomic E-state index is 5.22. The molecule has 0 fully saturated rings. The number of rotatable bonds is 9. The number of para-hydroxylation sites is 3. The van der Waals surface area contributed by atoms with Crippen molar-refractivity contribution in [1.82, 2.24) is 54.8 Å². The highest BCUT2D eigenvalue weighted by Gasteiger charge is 2.24. The second-order valence-electron chi connectivity index (χ2n) is 35.7. The van der Waals surface area contributed by atoms with Crippen molar-refractivity contribution in [3.63, 3.8) is 0 Å². The fourth-order valence-electron chi connectivity index (χ4n) is 21.0. The van der Waals surface area contributed by atoms with Crippen LogP contribution in [-0.4, -0.2) is 54.8 Å². The Hall–Kier alpha value is -18.1. The molecule has 0 spiro atoms. The van der Waals surface area contributed by atoms with Crippen molar-refractivity contribution in [1.29, 1.82) is 0 Å². The standard InChI is InChI=1S/C43H25N3S.2C42H24N4S/c1-3-9-37-35(8-1)39-36(22-21-34-32-7-2-4-10-38(32)47-43(34)39)40(46-37)30-17-13-27(14-18-30)26-11-15-28(16-12-26)31-23-25-45-42-33(31)20-19-29-6-5-24-44-41(29)42;1-3-9-36-33(8-1)38-34(19-18-32-30-7-2-4-10-37(30)47-42(32)38)39(46-36)27-13-11-25(12-14-27)35-20-16-28(24-45-35)29-21-23-44-41-31(29)17-15-26-6-5-22-43-40(26)41;1-3-9-36-33(8-1)38-34(19-18-32-30-7-2-4-10-37(30)47-42(32)38)39(46-36)27-13-11-25(12-14-27)28-16-20-35(45-24-28)29-21-23-44-41-31(29)17-15-26-6-5-22-43-40(26)41/h1-25H;2*1-24H. The molecule has 141 heavy (non-hydrogen) atoms. The molecule has 30 aromatic rings. The zero-order valence-corrected chi connectivity index (χ0v) is 77.7. The zero-order chi connectivity index (χ0) is 92.7. The van der Waals surface area contributed by atoms with Gasteiger partial charge in [-0.3, -0.25) is 39.9 Å². The molecule has 11 nitrogen and oxygen atoms in total. The van der Waals surface area contributed by atoms with Crippen molar-refractivity contribution >= 4 is 225 Å². The fraction of sp³-hybridized carbons (Fsp3) is 0. The third kappa shape index (κ3) is 13.8. The number of aromatic nitrogens is 11. The van der Waals surface area contributed by atoms with Crippen LogP contribution in [0.5, 0.6) is 0 Å². The highest BCUT2D eigenvalue weighted by atomic mass is 32.1. The molecule has 14 heteroatoms. The van der Waals surface area contributed by atoms with Gasteiger partial charge in [-0.05, 0) is 118 Å². The lowest BCUT2D eigenvalue weighted by Gasteiger charge is -2.12. The van der Waals surface area contributed by atoms with Crippen LogP contribution in [0.1, 0.15) is 0 Å². The van der Waals surface area contributed by atoms with Crippen molar-refractivity contribution in [2.45, 2.75) is 0 Å². The maximum Gasteiger partial charge on any atom is 0.0971 e. The van der Waals surface area contributed by atoms with Gasteiger partial charge in [-0.15, -0.1) is 34.0 Å². The molecule has 0 amide bonds. The van der Waals surface area contributed by atoms with Gasteiger partial charge >= 0.3 is 0 Å². The molecule has 0 atom stereocenters. The summed E-state index contributed by atoms with van der Waals surface area (Å²) >= 11 is 5.61. The quantitative estimate of drug-likeness (QED) is 0.127. The summed E-state index contributed by atoms with van der Waals surface area (Å²) in [5, 5.41) is 25.3. The first-order chi connectivity index (χ1) is 69.9. The van der Waals surface area contributed by atoms with Crippen molar-refractivity contribution in [3.8, 4) is 101 Å². The maximum absolute atomic E-state index is 5.22. The average molecular weight is 1850 g/mol. The molecule has 0 aliphatic rings. The molecule has 30 rings (SSSR count).